The molecular formula is C25H20Cl2N6O11S2. The number of carbonyl (C=O) groups is 3. The molecule has 0 atom stereocenters. The predicted octanol–water partition coefficient (Wildman–Crippen LogP) is 4.94. The molecule has 0 radical (unpaired) electrons. The maximum absolute atomic E-state index is 12.1. The molecule has 0 spiro atoms. The number of esters is 1. The summed E-state index contributed by atoms with van der Waals surface area (Å²) in [6.07, 6.45) is 0. The van der Waals surface area contributed by atoms with Crippen molar-refractivity contribution in [1.29, 1.82) is 0 Å². The highest BCUT2D eigenvalue weighted by Crippen LogP contribution is 2.33. The van der Waals surface area contributed by atoms with Crippen molar-refractivity contribution in [2.24, 2.45) is 0 Å². The number of rotatable bonds is 9. The second-order valence-corrected chi connectivity index (χ2v) is 11.7. The number of ether oxygens (including phenoxy) is 3. The van der Waals surface area contributed by atoms with Crippen LogP contribution in [0, 0.1) is 17.0 Å². The quantitative estimate of drug-likeness (QED) is 0.118. The number of amides is 2. The Morgan fingerprint density at radius 3 is 2.37 bits per heavy atom. The average Bonchev–Trinajstić information content (AvgIpc) is 3.50. The molecule has 0 aliphatic heterocycles. The van der Waals surface area contributed by atoms with Gasteiger partial charge in [-0.15, -0.1) is 11.3 Å². The Morgan fingerprint density at radius 2 is 1.76 bits per heavy atom. The molecule has 0 bridgehead atoms. The summed E-state index contributed by atoms with van der Waals surface area (Å²) in [6, 6.07) is 8.21. The van der Waals surface area contributed by atoms with Crippen LogP contribution in [0.2, 0.25) is 10.0 Å². The van der Waals surface area contributed by atoms with Crippen molar-refractivity contribution in [1.82, 2.24) is 19.7 Å². The van der Waals surface area contributed by atoms with Crippen LogP contribution < -0.4 is 19.5 Å². The molecule has 0 aliphatic carbocycles. The normalized spacial score (nSPS) is 10.5. The summed E-state index contributed by atoms with van der Waals surface area (Å²) >= 11 is 12.5. The number of hydrogen-bond donors (Lipinski definition) is 3. The number of aromatic carboxylic acids is 1. The van der Waals surface area contributed by atoms with Crippen molar-refractivity contribution in [3.05, 3.63) is 84.3 Å². The number of carboxylic acid groups (broad SMARTS) is 1. The van der Waals surface area contributed by atoms with Crippen molar-refractivity contribution in [2.45, 2.75) is 11.8 Å². The number of nitro groups is 1. The van der Waals surface area contributed by atoms with Gasteiger partial charge in [0.15, 0.2) is 0 Å². The highest BCUT2D eigenvalue weighted by Gasteiger charge is 2.26. The topological polar surface area (TPSA) is 239 Å². The summed E-state index contributed by atoms with van der Waals surface area (Å²) in [5.41, 5.74) is -0.587. The second kappa shape index (κ2) is 15.3. The molecule has 17 nitrogen and oxygen atoms in total. The number of thiophene rings is 1. The van der Waals surface area contributed by atoms with Gasteiger partial charge in [-0.25, -0.2) is 27.5 Å². The van der Waals surface area contributed by atoms with Gasteiger partial charge >= 0.3 is 24.0 Å². The van der Waals surface area contributed by atoms with E-state index in [1.165, 1.54) is 37.6 Å². The van der Waals surface area contributed by atoms with Gasteiger partial charge < -0.3 is 19.3 Å². The molecule has 242 valence electrons. The van der Waals surface area contributed by atoms with Gasteiger partial charge in [-0.2, -0.15) is 15.0 Å². The summed E-state index contributed by atoms with van der Waals surface area (Å²) in [7, 11) is -1.93. The molecule has 2 aromatic heterocycles. The number of aryl methyl sites for hydroxylation is 1. The number of carboxylic acids is 1. The summed E-state index contributed by atoms with van der Waals surface area (Å²) in [5.74, 6) is -1.73. The first-order valence-electron chi connectivity index (χ1n) is 12.1. The van der Waals surface area contributed by atoms with E-state index in [0.29, 0.717) is 10.8 Å². The zero-order chi connectivity index (χ0) is 34.2. The smallest absolute Gasteiger partial charge is 0.347 e. The molecule has 2 amide bonds. The van der Waals surface area contributed by atoms with Crippen LogP contribution in [-0.2, 0) is 14.8 Å². The molecule has 4 aromatic rings. The van der Waals surface area contributed by atoms with Crippen molar-refractivity contribution in [2.75, 3.05) is 19.5 Å². The minimum absolute atomic E-state index is 0.0633. The second-order valence-electron chi connectivity index (χ2n) is 8.28. The molecule has 21 heteroatoms. The Kier molecular flexibility index (Phi) is 11.7. The largest absolute Gasteiger partial charge is 0.477 e. The third kappa shape index (κ3) is 9.20. The number of sulfonamides is 1. The van der Waals surface area contributed by atoms with E-state index in [-0.39, 0.29) is 39.8 Å². The number of anilines is 1. The fourth-order valence-corrected chi connectivity index (χ4v) is 5.89. The van der Waals surface area contributed by atoms with Crippen LogP contribution in [0.3, 0.4) is 0 Å². The fourth-order valence-electron chi connectivity index (χ4n) is 3.27. The van der Waals surface area contributed by atoms with Crippen LogP contribution in [0.1, 0.15) is 25.9 Å². The van der Waals surface area contributed by atoms with Gasteiger partial charge in [-0.05, 0) is 42.6 Å². The van der Waals surface area contributed by atoms with E-state index in [1.807, 2.05) is 0 Å². The van der Waals surface area contributed by atoms with E-state index >= 15 is 0 Å². The standard InChI is InChI=1S/C14H9Cl2NO5.C11H11N5O6S2/c1-21-14(18)10-7-9(3-4-12(10)17(19)20)22-13-5-2-8(15)6-11(13)16;1-5-12-9(15-11(13-5)22-2)14-10(19)16-24(20,21)6-3-4-23-7(6)8(17)18/h2-7H,1H3;3-4H,1-2H3,(H,17,18)(H2,12,13,14,15,16,19). The number of halogens is 2. The van der Waals surface area contributed by atoms with E-state index in [1.54, 1.807) is 16.9 Å². The number of nitro benzene ring substituents is 1. The molecule has 0 fully saturated rings. The SMILES string of the molecule is COC(=O)c1cc(Oc2ccc(Cl)cc2Cl)ccc1[N+](=O)[O-].COc1nc(C)nc(NC(=O)NS(=O)(=O)c2ccsc2C(=O)O)n1. The van der Waals surface area contributed by atoms with E-state index in [2.05, 4.69) is 25.0 Å². The molecule has 0 saturated carbocycles. The van der Waals surface area contributed by atoms with E-state index in [0.717, 1.165) is 30.6 Å². The number of methoxy groups -OCH3 is 2. The molecule has 0 saturated heterocycles. The molecule has 0 aliphatic rings. The van der Waals surface area contributed by atoms with Crippen LogP contribution in [-0.4, -0.2) is 65.6 Å². The summed E-state index contributed by atoms with van der Waals surface area (Å²) in [6.45, 7) is 1.52. The van der Waals surface area contributed by atoms with Gasteiger partial charge in [0.25, 0.3) is 15.7 Å². The number of benzene rings is 2. The van der Waals surface area contributed by atoms with Gasteiger partial charge in [0.1, 0.15) is 32.7 Å². The van der Waals surface area contributed by atoms with Gasteiger partial charge in [0, 0.05) is 17.2 Å². The number of aromatic nitrogens is 3. The van der Waals surface area contributed by atoms with E-state index in [4.69, 9.17) is 37.8 Å². The molecule has 2 aromatic carbocycles. The molecular weight excluding hydrogens is 695 g/mol. The van der Waals surface area contributed by atoms with Crippen molar-refractivity contribution in [3.8, 4) is 17.5 Å². The lowest BCUT2D eigenvalue weighted by Gasteiger charge is -2.09. The maximum atomic E-state index is 12.1. The number of nitrogens with zero attached hydrogens (tertiary/aromatic N) is 4. The van der Waals surface area contributed by atoms with Gasteiger partial charge in [-0.3, -0.25) is 15.4 Å². The first kappa shape index (κ1) is 35.4. The molecule has 4 rings (SSSR count). The third-order valence-electron chi connectivity index (χ3n) is 5.17. The lowest BCUT2D eigenvalue weighted by Crippen LogP contribution is -2.35. The monoisotopic (exact) mass is 714 g/mol. The Hall–Kier alpha value is -5.11. The minimum atomic E-state index is -4.37. The van der Waals surface area contributed by atoms with Crippen molar-refractivity contribution >= 4 is 74.2 Å². The summed E-state index contributed by atoms with van der Waals surface area (Å²) in [4.78, 5) is 55.1. The third-order valence-corrected chi connectivity index (χ3v) is 8.10. The van der Waals surface area contributed by atoms with Crippen LogP contribution >= 0.6 is 34.5 Å². The van der Waals surface area contributed by atoms with E-state index in [9.17, 15) is 32.9 Å². The van der Waals surface area contributed by atoms with Crippen LogP contribution in [0.5, 0.6) is 17.5 Å². The van der Waals surface area contributed by atoms with Gasteiger partial charge in [-0.1, -0.05) is 23.2 Å². The van der Waals surface area contributed by atoms with Gasteiger partial charge in [0.05, 0.1) is 24.2 Å². The Labute approximate surface area is 273 Å². The van der Waals surface area contributed by atoms with Crippen LogP contribution in [0.4, 0.5) is 16.4 Å². The van der Waals surface area contributed by atoms with Crippen LogP contribution in [0.25, 0.3) is 0 Å². The molecule has 46 heavy (non-hydrogen) atoms. The van der Waals surface area contributed by atoms with Crippen molar-refractivity contribution < 1.29 is 47.0 Å². The van der Waals surface area contributed by atoms with Gasteiger partial charge in [0.2, 0.25) is 5.95 Å². The highest BCUT2D eigenvalue weighted by molar-refractivity contribution is 7.90. The fraction of sp³-hybridized carbons (Fsp3) is 0.120. The maximum Gasteiger partial charge on any atom is 0.347 e. The Balaban J connectivity index is 0.000000251. The molecule has 3 N–H and O–H groups in total. The lowest BCUT2D eigenvalue weighted by atomic mass is 10.1. The first-order valence-corrected chi connectivity index (χ1v) is 15.2. The molecule has 0 unspecified atom stereocenters. The average molecular weight is 716 g/mol. The number of carbonyl (C=O) groups excluding carboxylic acids is 2. The minimum Gasteiger partial charge on any atom is -0.477 e. The van der Waals surface area contributed by atoms with Crippen LogP contribution in [0.15, 0.2) is 52.7 Å². The first-order chi connectivity index (χ1) is 21.6. The highest BCUT2D eigenvalue weighted by atomic mass is 35.5. The number of hydrogen-bond acceptors (Lipinski definition) is 14. The Morgan fingerprint density at radius 1 is 1.04 bits per heavy atom. The zero-order valence-electron chi connectivity index (χ0n) is 23.5. The van der Waals surface area contributed by atoms with Crippen molar-refractivity contribution in [3.63, 3.8) is 0 Å². The predicted molar refractivity (Wildman–Crippen MR) is 163 cm³/mol. The zero-order valence-corrected chi connectivity index (χ0v) is 26.7. The van der Waals surface area contributed by atoms with E-state index < -0.39 is 42.7 Å². The number of nitrogens with one attached hydrogen (secondary N) is 2. The summed E-state index contributed by atoms with van der Waals surface area (Å²) in [5, 5.41) is 24.0. The molecule has 2 heterocycles. The number of urea groups is 1. The lowest BCUT2D eigenvalue weighted by molar-refractivity contribution is -0.385. The Bertz CT molecular complexity index is 1920. The summed E-state index contributed by atoms with van der Waals surface area (Å²) < 4.78 is 40.7.